The van der Waals surface area contributed by atoms with Gasteiger partial charge in [-0.25, -0.2) is 4.39 Å². The van der Waals surface area contributed by atoms with Crippen LogP contribution in [0.25, 0.3) is 0 Å². The van der Waals surface area contributed by atoms with Crippen LogP contribution in [0.2, 0.25) is 0 Å². The van der Waals surface area contributed by atoms with Crippen molar-refractivity contribution in [3.05, 3.63) is 28.5 Å². The zero-order chi connectivity index (χ0) is 9.97. The normalized spacial score (nSPS) is 27.6. The molecule has 0 aliphatic carbocycles. The van der Waals surface area contributed by atoms with Crippen LogP contribution >= 0.6 is 15.9 Å². The summed E-state index contributed by atoms with van der Waals surface area (Å²) in [6.07, 6.45) is 1.73. The molecule has 2 nitrogen and oxygen atoms in total. The van der Waals surface area contributed by atoms with Crippen LogP contribution in [-0.4, -0.2) is 24.2 Å². The summed E-state index contributed by atoms with van der Waals surface area (Å²) in [7, 11) is 0. The lowest BCUT2D eigenvalue weighted by atomic mass is 9.92. The van der Waals surface area contributed by atoms with Gasteiger partial charge >= 0.3 is 0 Å². The quantitative estimate of drug-likeness (QED) is 0.836. The first-order valence-electron chi connectivity index (χ1n) is 4.73. The summed E-state index contributed by atoms with van der Waals surface area (Å²) in [5.74, 6) is -0.0475. The highest BCUT2D eigenvalue weighted by molar-refractivity contribution is 9.10. The predicted octanol–water partition coefficient (Wildman–Crippen LogP) is 2.26. The average Bonchev–Trinajstić information content (AvgIpc) is 2.18. The molecule has 1 N–H and O–H groups in total. The zero-order valence-corrected chi connectivity index (χ0v) is 9.30. The van der Waals surface area contributed by atoms with Crippen LogP contribution in [0.3, 0.4) is 0 Å². The van der Waals surface area contributed by atoms with E-state index in [1.54, 1.807) is 6.20 Å². The van der Waals surface area contributed by atoms with Crippen LogP contribution in [0, 0.1) is 0 Å². The number of alkyl halides is 1. The van der Waals surface area contributed by atoms with Crippen LogP contribution in [0.1, 0.15) is 18.0 Å². The van der Waals surface area contributed by atoms with Crippen LogP contribution < -0.4 is 5.32 Å². The molecule has 2 rings (SSSR count). The Kier molecular flexibility index (Phi) is 3.13. The highest BCUT2D eigenvalue weighted by atomic mass is 79.9. The largest absolute Gasteiger partial charge is 0.314 e. The van der Waals surface area contributed by atoms with E-state index >= 15 is 0 Å². The lowest BCUT2D eigenvalue weighted by Gasteiger charge is -2.26. The van der Waals surface area contributed by atoms with E-state index in [-0.39, 0.29) is 5.92 Å². The van der Waals surface area contributed by atoms with E-state index in [0.717, 1.165) is 23.1 Å². The van der Waals surface area contributed by atoms with Gasteiger partial charge in [-0.2, -0.15) is 0 Å². The van der Waals surface area contributed by atoms with E-state index in [1.165, 1.54) is 0 Å². The Morgan fingerprint density at radius 3 is 3.14 bits per heavy atom. The SMILES string of the molecule is FC1CNCCC1c1cc(Br)ccn1. The van der Waals surface area contributed by atoms with Crippen LogP contribution in [0.15, 0.2) is 22.8 Å². The summed E-state index contributed by atoms with van der Waals surface area (Å²) in [6, 6.07) is 3.76. The summed E-state index contributed by atoms with van der Waals surface area (Å²) in [4.78, 5) is 4.22. The second-order valence-electron chi connectivity index (χ2n) is 3.51. The van der Waals surface area contributed by atoms with Crippen LogP contribution in [0.4, 0.5) is 4.39 Å². The Morgan fingerprint density at radius 2 is 2.43 bits per heavy atom. The van der Waals surface area contributed by atoms with Crippen molar-refractivity contribution in [2.75, 3.05) is 13.1 Å². The van der Waals surface area contributed by atoms with Crippen molar-refractivity contribution < 1.29 is 4.39 Å². The molecule has 76 valence electrons. The van der Waals surface area contributed by atoms with Crippen LogP contribution in [-0.2, 0) is 0 Å². The monoisotopic (exact) mass is 258 g/mol. The molecule has 1 aromatic rings. The fraction of sp³-hybridized carbons (Fsp3) is 0.500. The van der Waals surface area contributed by atoms with Crippen molar-refractivity contribution in [1.29, 1.82) is 0 Å². The number of aromatic nitrogens is 1. The Labute approximate surface area is 91.1 Å². The molecule has 0 spiro atoms. The standard InChI is InChI=1S/C10H12BrFN2/c11-7-1-4-14-10(5-7)8-2-3-13-6-9(8)12/h1,4-5,8-9,13H,2-3,6H2. The molecule has 1 saturated heterocycles. The highest BCUT2D eigenvalue weighted by Gasteiger charge is 2.26. The lowest BCUT2D eigenvalue weighted by molar-refractivity contribution is 0.228. The maximum absolute atomic E-state index is 13.5. The van der Waals surface area contributed by atoms with Crippen molar-refractivity contribution in [2.45, 2.75) is 18.5 Å². The fourth-order valence-electron chi connectivity index (χ4n) is 1.78. The molecule has 0 bridgehead atoms. The minimum absolute atomic E-state index is 0.0475. The molecule has 1 aromatic heterocycles. The fourth-order valence-corrected chi connectivity index (χ4v) is 2.13. The Bertz CT molecular complexity index is 319. The third kappa shape index (κ3) is 2.12. The van der Waals surface area contributed by atoms with Gasteiger partial charge in [0.05, 0.1) is 0 Å². The first-order valence-corrected chi connectivity index (χ1v) is 5.53. The molecule has 0 amide bonds. The third-order valence-electron chi connectivity index (χ3n) is 2.53. The maximum atomic E-state index is 13.5. The van der Waals surface area contributed by atoms with Gasteiger partial charge in [0, 0.05) is 28.8 Å². The number of hydrogen-bond acceptors (Lipinski definition) is 2. The number of rotatable bonds is 1. The first kappa shape index (κ1) is 10.1. The van der Waals surface area contributed by atoms with Gasteiger partial charge in [0.2, 0.25) is 0 Å². The molecule has 2 unspecified atom stereocenters. The topological polar surface area (TPSA) is 24.9 Å². The molecule has 0 radical (unpaired) electrons. The van der Waals surface area contributed by atoms with Crippen LogP contribution in [0.5, 0.6) is 0 Å². The van der Waals surface area contributed by atoms with Crippen molar-refractivity contribution in [2.24, 2.45) is 0 Å². The van der Waals surface area contributed by atoms with E-state index in [9.17, 15) is 4.39 Å². The molecule has 1 aliphatic rings. The molecular formula is C10H12BrFN2. The van der Waals surface area contributed by atoms with Crippen molar-refractivity contribution in [3.63, 3.8) is 0 Å². The van der Waals surface area contributed by atoms with Gasteiger partial charge in [-0.1, -0.05) is 15.9 Å². The van der Waals surface area contributed by atoms with Gasteiger partial charge in [-0.05, 0) is 25.1 Å². The number of halogens is 2. The number of nitrogens with zero attached hydrogens (tertiary/aromatic N) is 1. The molecule has 4 heteroatoms. The Balaban J connectivity index is 2.20. The molecule has 2 atom stereocenters. The van der Waals surface area contributed by atoms with Gasteiger partial charge in [0.1, 0.15) is 6.17 Å². The lowest BCUT2D eigenvalue weighted by Crippen LogP contribution is -2.37. The second kappa shape index (κ2) is 4.36. The highest BCUT2D eigenvalue weighted by Crippen LogP contribution is 2.27. The van der Waals surface area contributed by atoms with E-state index in [2.05, 4.69) is 26.2 Å². The molecule has 1 fully saturated rings. The first-order chi connectivity index (χ1) is 6.77. The molecular weight excluding hydrogens is 247 g/mol. The van der Waals surface area contributed by atoms with Gasteiger partial charge in [0.15, 0.2) is 0 Å². The third-order valence-corrected chi connectivity index (χ3v) is 3.02. The zero-order valence-electron chi connectivity index (χ0n) is 7.71. The molecule has 1 aliphatic heterocycles. The summed E-state index contributed by atoms with van der Waals surface area (Å²) < 4.78 is 14.5. The van der Waals surface area contributed by atoms with Crippen molar-refractivity contribution >= 4 is 15.9 Å². The maximum Gasteiger partial charge on any atom is 0.121 e. The van der Waals surface area contributed by atoms with E-state index in [4.69, 9.17) is 0 Å². The average molecular weight is 259 g/mol. The van der Waals surface area contributed by atoms with Gasteiger partial charge in [-0.15, -0.1) is 0 Å². The van der Waals surface area contributed by atoms with Crippen molar-refractivity contribution in [1.82, 2.24) is 10.3 Å². The van der Waals surface area contributed by atoms with Gasteiger partial charge < -0.3 is 5.32 Å². The summed E-state index contributed by atoms with van der Waals surface area (Å²) in [5.41, 5.74) is 0.855. The number of nitrogens with one attached hydrogen (secondary N) is 1. The predicted molar refractivity (Wildman–Crippen MR) is 57.1 cm³/mol. The number of pyridine rings is 1. The molecule has 2 heterocycles. The molecule has 0 saturated carbocycles. The van der Waals surface area contributed by atoms with E-state index in [1.807, 2.05) is 12.1 Å². The second-order valence-corrected chi connectivity index (χ2v) is 4.43. The Hall–Kier alpha value is -0.480. The summed E-state index contributed by atoms with van der Waals surface area (Å²) >= 11 is 3.37. The summed E-state index contributed by atoms with van der Waals surface area (Å²) in [6.45, 7) is 1.32. The number of hydrogen-bond donors (Lipinski definition) is 1. The van der Waals surface area contributed by atoms with Gasteiger partial charge in [-0.3, -0.25) is 4.98 Å². The minimum atomic E-state index is -0.814. The van der Waals surface area contributed by atoms with Gasteiger partial charge in [0.25, 0.3) is 0 Å². The van der Waals surface area contributed by atoms with E-state index in [0.29, 0.717) is 6.54 Å². The molecule has 14 heavy (non-hydrogen) atoms. The number of piperidine rings is 1. The molecule has 0 aromatic carbocycles. The summed E-state index contributed by atoms with van der Waals surface area (Å²) in [5, 5.41) is 3.03. The smallest absolute Gasteiger partial charge is 0.121 e. The minimum Gasteiger partial charge on any atom is -0.314 e. The van der Waals surface area contributed by atoms with E-state index < -0.39 is 6.17 Å². The Morgan fingerprint density at radius 1 is 1.57 bits per heavy atom. The van der Waals surface area contributed by atoms with Crippen molar-refractivity contribution in [3.8, 4) is 0 Å².